The highest BCUT2D eigenvalue weighted by Crippen LogP contribution is 2.40. The van der Waals surface area contributed by atoms with Crippen LogP contribution in [0.4, 0.5) is 18.9 Å². The Bertz CT molecular complexity index is 492. The molecule has 1 N–H and O–H groups in total. The summed E-state index contributed by atoms with van der Waals surface area (Å²) in [6.07, 6.45) is -2.82. The highest BCUT2D eigenvalue weighted by molar-refractivity contribution is 5.56. The van der Waals surface area contributed by atoms with E-state index >= 15 is 0 Å². The Hall–Kier alpha value is -1.53. The van der Waals surface area contributed by atoms with Crippen LogP contribution in [0.1, 0.15) is 25.8 Å². The molecule has 1 saturated heterocycles. The Morgan fingerprint density at radius 1 is 1.47 bits per heavy atom. The molecule has 7 heteroatoms. The molecular weight excluding hydrogens is 235 g/mol. The molecule has 0 aromatic carbocycles. The molecule has 0 unspecified atom stereocenters. The number of rotatable bonds is 1. The van der Waals surface area contributed by atoms with Crippen LogP contribution in [-0.2, 0) is 6.18 Å². The summed E-state index contributed by atoms with van der Waals surface area (Å²) in [5.74, 6) is 0. The highest BCUT2D eigenvalue weighted by atomic mass is 19.4. The van der Waals surface area contributed by atoms with Crippen molar-refractivity contribution in [1.82, 2.24) is 10.2 Å². The van der Waals surface area contributed by atoms with Crippen LogP contribution in [0.25, 0.3) is 0 Å². The molecule has 1 aliphatic heterocycles. The number of alkyl halides is 3. The third-order valence-electron chi connectivity index (χ3n) is 3.09. The van der Waals surface area contributed by atoms with Gasteiger partial charge in [0.1, 0.15) is 5.56 Å². The maximum Gasteiger partial charge on any atom is 0.423 e. The first kappa shape index (κ1) is 11.9. The summed E-state index contributed by atoms with van der Waals surface area (Å²) in [5, 5.41) is 5.27. The smallest absolute Gasteiger partial charge is 0.364 e. The second kappa shape index (κ2) is 3.48. The number of aromatic amines is 1. The zero-order valence-electron chi connectivity index (χ0n) is 9.43. The number of anilines is 1. The van der Waals surface area contributed by atoms with Gasteiger partial charge in [-0.1, -0.05) is 0 Å². The van der Waals surface area contributed by atoms with Crippen molar-refractivity contribution in [2.75, 3.05) is 11.4 Å². The molecule has 1 aromatic heterocycles. The summed E-state index contributed by atoms with van der Waals surface area (Å²) in [5.41, 5.74) is -2.87. The molecule has 0 spiro atoms. The second-order valence-electron chi connectivity index (χ2n) is 4.67. The summed E-state index contributed by atoms with van der Waals surface area (Å²) in [4.78, 5) is 12.8. The van der Waals surface area contributed by atoms with Gasteiger partial charge < -0.3 is 4.90 Å². The molecular formula is C10H12F3N3O. The summed E-state index contributed by atoms with van der Waals surface area (Å²) >= 11 is 0. The largest absolute Gasteiger partial charge is 0.423 e. The van der Waals surface area contributed by atoms with Gasteiger partial charge in [-0.05, 0) is 20.3 Å². The van der Waals surface area contributed by atoms with E-state index in [1.807, 2.05) is 18.9 Å². The summed E-state index contributed by atoms with van der Waals surface area (Å²) < 4.78 is 38.4. The average Bonchev–Trinajstić information content (AvgIpc) is 2.14. The summed E-state index contributed by atoms with van der Waals surface area (Å²) in [6.45, 7) is 4.16. The lowest BCUT2D eigenvalue weighted by molar-refractivity contribution is -0.138. The molecule has 0 radical (unpaired) electrons. The van der Waals surface area contributed by atoms with Crippen molar-refractivity contribution in [2.45, 2.75) is 32.0 Å². The maximum absolute atomic E-state index is 12.8. The van der Waals surface area contributed by atoms with Crippen LogP contribution in [-0.4, -0.2) is 22.3 Å². The predicted molar refractivity (Wildman–Crippen MR) is 55.9 cm³/mol. The fourth-order valence-electron chi connectivity index (χ4n) is 1.98. The number of aromatic nitrogens is 2. The number of H-pyrrole nitrogens is 1. The van der Waals surface area contributed by atoms with E-state index in [-0.39, 0.29) is 11.2 Å². The van der Waals surface area contributed by atoms with Crippen molar-refractivity contribution in [3.05, 3.63) is 22.1 Å². The van der Waals surface area contributed by atoms with E-state index in [2.05, 4.69) is 5.10 Å². The van der Waals surface area contributed by atoms with Gasteiger partial charge in [0.15, 0.2) is 0 Å². The molecule has 4 nitrogen and oxygen atoms in total. The van der Waals surface area contributed by atoms with Gasteiger partial charge in [-0.25, -0.2) is 5.10 Å². The van der Waals surface area contributed by atoms with Crippen molar-refractivity contribution >= 4 is 5.69 Å². The third-order valence-corrected chi connectivity index (χ3v) is 3.09. The number of halogens is 3. The summed E-state index contributed by atoms with van der Waals surface area (Å²) in [7, 11) is 0. The van der Waals surface area contributed by atoms with Crippen LogP contribution in [0.15, 0.2) is 11.0 Å². The number of nitrogens with zero attached hydrogens (tertiary/aromatic N) is 2. The summed E-state index contributed by atoms with van der Waals surface area (Å²) in [6, 6.07) is 0. The molecule has 1 aliphatic rings. The molecule has 0 saturated carbocycles. The van der Waals surface area contributed by atoms with Crippen molar-refractivity contribution < 1.29 is 13.2 Å². The first-order valence-corrected chi connectivity index (χ1v) is 5.16. The zero-order valence-corrected chi connectivity index (χ0v) is 9.43. The molecule has 1 aromatic rings. The Kier molecular flexibility index (Phi) is 2.44. The minimum Gasteiger partial charge on any atom is -0.364 e. The minimum atomic E-state index is -4.67. The number of nitrogens with one attached hydrogen (secondary N) is 1. The van der Waals surface area contributed by atoms with Gasteiger partial charge in [-0.3, -0.25) is 4.79 Å². The van der Waals surface area contributed by atoms with Crippen molar-refractivity contribution in [3.63, 3.8) is 0 Å². The first-order valence-electron chi connectivity index (χ1n) is 5.16. The normalized spacial score (nSPS) is 19.0. The van der Waals surface area contributed by atoms with Crippen molar-refractivity contribution in [3.8, 4) is 0 Å². The lowest BCUT2D eigenvalue weighted by Crippen LogP contribution is -2.57. The number of hydrogen-bond donors (Lipinski definition) is 1. The molecule has 0 atom stereocenters. The van der Waals surface area contributed by atoms with Crippen molar-refractivity contribution in [1.29, 1.82) is 0 Å². The Morgan fingerprint density at radius 3 is 2.53 bits per heavy atom. The van der Waals surface area contributed by atoms with E-state index in [0.29, 0.717) is 6.54 Å². The standard InChI is InChI=1S/C10H12F3N3O/c1-9(2)3-4-16(9)6-5-14-15-8(17)7(6)10(11,12)13/h5H,3-4H2,1-2H3,(H,15,17). The van der Waals surface area contributed by atoms with Gasteiger partial charge in [0.2, 0.25) is 0 Å². The van der Waals surface area contributed by atoms with E-state index in [1.165, 1.54) is 0 Å². The lowest BCUT2D eigenvalue weighted by atomic mass is 9.88. The van der Waals surface area contributed by atoms with E-state index in [9.17, 15) is 18.0 Å². The molecule has 0 aliphatic carbocycles. The molecule has 94 valence electrons. The van der Waals surface area contributed by atoms with Crippen molar-refractivity contribution in [2.24, 2.45) is 0 Å². The zero-order chi connectivity index (χ0) is 12.8. The molecule has 2 heterocycles. The van der Waals surface area contributed by atoms with Gasteiger partial charge in [0.05, 0.1) is 11.9 Å². The fraction of sp³-hybridized carbons (Fsp3) is 0.600. The quantitative estimate of drug-likeness (QED) is 0.822. The van der Waals surface area contributed by atoms with Gasteiger partial charge >= 0.3 is 6.18 Å². The predicted octanol–water partition coefficient (Wildman–Crippen LogP) is 1.78. The SMILES string of the molecule is CC1(C)CCN1c1cn[nH]c(=O)c1C(F)(F)F. The molecule has 0 bridgehead atoms. The monoisotopic (exact) mass is 247 g/mol. The molecule has 0 amide bonds. The minimum absolute atomic E-state index is 0.141. The van der Waals surface area contributed by atoms with Crippen LogP contribution in [0.2, 0.25) is 0 Å². The molecule has 2 rings (SSSR count). The van der Waals surface area contributed by atoms with Gasteiger partial charge in [-0.2, -0.15) is 18.3 Å². The first-order chi connectivity index (χ1) is 7.73. The van der Waals surface area contributed by atoms with E-state index in [0.717, 1.165) is 12.6 Å². The van der Waals surface area contributed by atoms with Gasteiger partial charge in [-0.15, -0.1) is 0 Å². The van der Waals surface area contributed by atoms with E-state index in [4.69, 9.17) is 0 Å². The van der Waals surface area contributed by atoms with Crippen LogP contribution in [0.5, 0.6) is 0 Å². The fourth-order valence-corrected chi connectivity index (χ4v) is 1.98. The van der Waals surface area contributed by atoms with Gasteiger partial charge in [0.25, 0.3) is 5.56 Å². The molecule has 17 heavy (non-hydrogen) atoms. The Labute approximate surface area is 95.4 Å². The maximum atomic E-state index is 12.8. The van der Waals surface area contributed by atoms with Crippen LogP contribution in [0.3, 0.4) is 0 Å². The van der Waals surface area contributed by atoms with E-state index in [1.54, 1.807) is 4.90 Å². The number of hydrogen-bond acceptors (Lipinski definition) is 3. The third kappa shape index (κ3) is 1.89. The van der Waals surface area contributed by atoms with Crippen LogP contribution < -0.4 is 10.5 Å². The van der Waals surface area contributed by atoms with Crippen LogP contribution in [0, 0.1) is 0 Å². The Morgan fingerprint density at radius 2 is 2.12 bits per heavy atom. The lowest BCUT2D eigenvalue weighted by Gasteiger charge is -2.50. The van der Waals surface area contributed by atoms with E-state index < -0.39 is 17.3 Å². The second-order valence-corrected chi connectivity index (χ2v) is 4.67. The highest BCUT2D eigenvalue weighted by Gasteiger charge is 2.44. The van der Waals surface area contributed by atoms with Crippen LogP contribution >= 0.6 is 0 Å². The van der Waals surface area contributed by atoms with Gasteiger partial charge in [0, 0.05) is 12.1 Å². The average molecular weight is 247 g/mol. The molecule has 1 fully saturated rings. The Balaban J connectivity index is 2.56. The topological polar surface area (TPSA) is 49.0 Å².